The van der Waals surface area contributed by atoms with Gasteiger partial charge in [-0.05, 0) is 32.1 Å². The van der Waals surface area contributed by atoms with Crippen LogP contribution >= 0.6 is 0 Å². The topological polar surface area (TPSA) is 235 Å². The Morgan fingerprint density at radius 1 is 0.267 bits per heavy atom. The van der Waals surface area contributed by atoms with Crippen molar-refractivity contribution < 1.29 is 101 Å². The normalized spacial score (nSPS) is 11.6. The summed E-state index contributed by atoms with van der Waals surface area (Å²) in [6, 6.07) is 0. The van der Waals surface area contributed by atoms with Gasteiger partial charge in [0.2, 0.25) is 0 Å². The molecule has 0 aromatic carbocycles. The van der Waals surface area contributed by atoms with Crippen LogP contribution in [0.25, 0.3) is 0 Å². The molecule has 0 radical (unpaired) electrons. The van der Waals surface area contributed by atoms with Gasteiger partial charge in [-0.1, -0.05) is 70.4 Å². The minimum atomic E-state index is -0.664. The molecule has 0 bridgehead atoms. The van der Waals surface area contributed by atoms with Gasteiger partial charge in [0.05, 0.1) is 238 Å². The van der Waals surface area contributed by atoms with E-state index in [0.29, 0.717) is 231 Å². The van der Waals surface area contributed by atoms with Crippen molar-refractivity contribution in [3.05, 3.63) is 12.2 Å². The maximum atomic E-state index is 10.3. The second kappa shape index (κ2) is 74.5. The molecular formula is C54H108O21. The summed E-state index contributed by atoms with van der Waals surface area (Å²) in [4.78, 5) is 10.3. The van der Waals surface area contributed by atoms with E-state index in [1.54, 1.807) is 0 Å². The largest absolute Gasteiger partial charge is 0.481 e. The smallest absolute Gasteiger partial charge is 0.303 e. The van der Waals surface area contributed by atoms with Gasteiger partial charge < -0.3 is 95.8 Å². The third-order valence-electron chi connectivity index (χ3n) is 10.1. The minimum Gasteiger partial charge on any atom is -0.481 e. The van der Waals surface area contributed by atoms with Crippen molar-refractivity contribution in [1.82, 2.24) is 0 Å². The number of aliphatic carboxylic acids is 1. The van der Waals surface area contributed by atoms with Crippen LogP contribution in [-0.2, 0) is 85.3 Å². The van der Waals surface area contributed by atoms with Crippen molar-refractivity contribution in [2.75, 3.05) is 238 Å². The Balaban J connectivity index is 0. The molecule has 0 saturated heterocycles. The number of hydrogen-bond acceptors (Lipinski definition) is 20. The molecule has 0 aliphatic rings. The molecule has 0 amide bonds. The fraction of sp³-hybridized carbons (Fsp3) is 0.944. The van der Waals surface area contributed by atoms with Gasteiger partial charge in [0.25, 0.3) is 0 Å². The predicted octanol–water partition coefficient (Wildman–Crippen LogP) is 5.36. The van der Waals surface area contributed by atoms with Crippen LogP contribution in [0.5, 0.6) is 0 Å². The van der Waals surface area contributed by atoms with Crippen molar-refractivity contribution in [2.24, 2.45) is 0 Å². The molecule has 0 aliphatic carbocycles. The van der Waals surface area contributed by atoms with Gasteiger partial charge in [-0.15, -0.1) is 0 Å². The Hall–Kier alpha value is -1.55. The zero-order valence-electron chi connectivity index (χ0n) is 46.7. The number of rotatable bonds is 67. The number of aliphatic hydroxyl groups excluding tert-OH is 2. The summed E-state index contributed by atoms with van der Waals surface area (Å²) in [5.41, 5.74) is 0. The molecule has 0 heterocycles. The average molecular weight is 1090 g/mol. The van der Waals surface area contributed by atoms with Gasteiger partial charge in [0, 0.05) is 6.42 Å². The molecule has 0 saturated carbocycles. The first-order chi connectivity index (χ1) is 37.2. The number of aliphatic hydroxyl groups is 2. The van der Waals surface area contributed by atoms with Crippen LogP contribution in [0.15, 0.2) is 12.2 Å². The molecule has 0 aromatic rings. The highest BCUT2D eigenvalue weighted by atomic mass is 16.6. The summed E-state index contributed by atoms with van der Waals surface area (Å²) in [5, 5.41) is 25.7. The third kappa shape index (κ3) is 79.0. The highest BCUT2D eigenvalue weighted by Crippen LogP contribution is 2.10. The molecule has 21 heteroatoms. The van der Waals surface area contributed by atoms with Gasteiger partial charge in [-0.25, -0.2) is 0 Å². The lowest BCUT2D eigenvalue weighted by atomic mass is 10.1. The van der Waals surface area contributed by atoms with Crippen LogP contribution in [0.2, 0.25) is 0 Å². The molecule has 21 nitrogen and oxygen atoms in total. The Morgan fingerprint density at radius 3 is 0.627 bits per heavy atom. The SMILES string of the molecule is CCCCCCCCC=CCCCCCCCC(=O)O.OCCOCCOCCOCCOCCOCCOCCOCCOCCOCCOCCOCCOCCOCCOCCOCCOCCOCCO. The summed E-state index contributed by atoms with van der Waals surface area (Å²) >= 11 is 0. The number of allylic oxidation sites excluding steroid dienone is 2. The second-order valence-electron chi connectivity index (χ2n) is 16.6. The molecule has 0 atom stereocenters. The maximum absolute atomic E-state index is 10.3. The van der Waals surface area contributed by atoms with Crippen molar-refractivity contribution in [1.29, 1.82) is 0 Å². The van der Waals surface area contributed by atoms with Gasteiger partial charge in [0.1, 0.15) is 0 Å². The Labute approximate surface area is 452 Å². The Kier molecular flexibility index (Phi) is 75.0. The Bertz CT molecular complexity index is 985. The average Bonchev–Trinajstić information content (AvgIpc) is 3.41. The Morgan fingerprint density at radius 2 is 0.440 bits per heavy atom. The summed E-state index contributed by atoms with van der Waals surface area (Å²) in [6.45, 7) is 18.7. The van der Waals surface area contributed by atoms with E-state index in [1.807, 2.05) is 0 Å². The molecule has 0 aromatic heterocycles. The minimum absolute atomic E-state index is 0.0206. The van der Waals surface area contributed by atoms with E-state index in [4.69, 9.17) is 95.8 Å². The highest BCUT2D eigenvalue weighted by molar-refractivity contribution is 5.66. The highest BCUT2D eigenvalue weighted by Gasteiger charge is 2.00. The number of hydrogen-bond donors (Lipinski definition) is 3. The quantitative estimate of drug-likeness (QED) is 0.0514. The van der Waals surface area contributed by atoms with Crippen LogP contribution in [0.1, 0.15) is 96.8 Å². The molecule has 0 spiro atoms. The summed E-state index contributed by atoms with van der Waals surface area (Å²) in [6.07, 6.45) is 21.2. The summed E-state index contributed by atoms with van der Waals surface area (Å²) in [7, 11) is 0. The number of carboxylic acids is 1. The van der Waals surface area contributed by atoms with Gasteiger partial charge in [0.15, 0.2) is 0 Å². The van der Waals surface area contributed by atoms with E-state index in [1.165, 1.54) is 70.6 Å². The van der Waals surface area contributed by atoms with E-state index in [-0.39, 0.29) is 13.2 Å². The van der Waals surface area contributed by atoms with Crippen LogP contribution in [0, 0.1) is 0 Å². The predicted molar refractivity (Wildman–Crippen MR) is 285 cm³/mol. The fourth-order valence-corrected chi connectivity index (χ4v) is 6.10. The third-order valence-corrected chi connectivity index (χ3v) is 10.1. The zero-order valence-corrected chi connectivity index (χ0v) is 46.7. The van der Waals surface area contributed by atoms with E-state index in [2.05, 4.69) is 19.1 Å². The molecule has 0 aliphatic heterocycles. The molecular weight excluding hydrogens is 985 g/mol. The van der Waals surface area contributed by atoms with Crippen LogP contribution in [0.4, 0.5) is 0 Å². The molecule has 450 valence electrons. The molecule has 75 heavy (non-hydrogen) atoms. The number of carboxylic acid groups (broad SMARTS) is 1. The standard InChI is InChI=1S/C36H74O19.C18H34O2/c37-1-3-39-5-7-41-9-11-43-13-15-45-17-19-47-21-23-49-25-27-51-29-31-53-33-35-55-36-34-54-32-30-52-28-26-50-24-22-48-20-18-46-16-14-44-12-10-42-8-6-40-4-2-38;1-2-3-4-5-6-7-8-9-10-11-12-13-14-15-16-17-18(19)20/h37-38H,1-36H2;9-10H,2-8,11-17H2,1H3,(H,19,20). The molecule has 0 unspecified atom stereocenters. The fourth-order valence-electron chi connectivity index (χ4n) is 6.10. The van der Waals surface area contributed by atoms with Crippen molar-refractivity contribution in [3.63, 3.8) is 0 Å². The molecule has 0 rings (SSSR count). The van der Waals surface area contributed by atoms with E-state index in [0.717, 1.165) is 12.8 Å². The van der Waals surface area contributed by atoms with E-state index >= 15 is 0 Å². The lowest BCUT2D eigenvalue weighted by Gasteiger charge is -2.09. The maximum Gasteiger partial charge on any atom is 0.303 e. The molecule has 3 N–H and O–H groups in total. The first-order valence-electron chi connectivity index (χ1n) is 28.1. The molecule has 0 fully saturated rings. The van der Waals surface area contributed by atoms with E-state index < -0.39 is 5.97 Å². The van der Waals surface area contributed by atoms with Crippen LogP contribution in [-0.4, -0.2) is 259 Å². The number of ether oxygens (including phenoxy) is 17. The lowest BCUT2D eigenvalue weighted by Crippen LogP contribution is -2.16. The first kappa shape index (κ1) is 75.5. The van der Waals surface area contributed by atoms with Gasteiger partial charge >= 0.3 is 5.97 Å². The van der Waals surface area contributed by atoms with Gasteiger partial charge in [-0.3, -0.25) is 4.79 Å². The van der Waals surface area contributed by atoms with Crippen molar-refractivity contribution in [2.45, 2.75) is 96.8 Å². The summed E-state index contributed by atoms with van der Waals surface area (Å²) < 4.78 is 91.8. The second-order valence-corrected chi connectivity index (χ2v) is 16.6. The number of carbonyl (C=O) groups is 1. The van der Waals surface area contributed by atoms with Crippen LogP contribution in [0.3, 0.4) is 0 Å². The summed E-state index contributed by atoms with van der Waals surface area (Å²) in [5.74, 6) is -0.664. The van der Waals surface area contributed by atoms with Gasteiger partial charge in [-0.2, -0.15) is 0 Å². The monoisotopic (exact) mass is 1090 g/mol. The lowest BCUT2D eigenvalue weighted by molar-refractivity contribution is -0.137. The van der Waals surface area contributed by atoms with Crippen molar-refractivity contribution >= 4 is 5.97 Å². The number of unbranched alkanes of at least 4 members (excludes halogenated alkanes) is 11. The van der Waals surface area contributed by atoms with Crippen molar-refractivity contribution in [3.8, 4) is 0 Å². The first-order valence-corrected chi connectivity index (χ1v) is 28.1. The van der Waals surface area contributed by atoms with E-state index in [9.17, 15) is 4.79 Å². The van der Waals surface area contributed by atoms with Crippen LogP contribution < -0.4 is 0 Å². The zero-order chi connectivity index (χ0) is 54.4.